The lowest BCUT2D eigenvalue weighted by atomic mass is 10.1. The summed E-state index contributed by atoms with van der Waals surface area (Å²) in [5.74, 6) is 0.0200. The van der Waals surface area contributed by atoms with Crippen LogP contribution in [0.3, 0.4) is 0 Å². The summed E-state index contributed by atoms with van der Waals surface area (Å²) in [5, 5.41) is 18.9. The number of urea groups is 1. The summed E-state index contributed by atoms with van der Waals surface area (Å²) in [6.45, 7) is 4.20. The van der Waals surface area contributed by atoms with Crippen LogP contribution in [0.25, 0.3) is 5.69 Å². The van der Waals surface area contributed by atoms with E-state index in [1.807, 2.05) is 50.4 Å². The number of rotatable bonds is 6. The topological polar surface area (TPSA) is 79.2 Å². The van der Waals surface area contributed by atoms with Gasteiger partial charge in [-0.3, -0.25) is 0 Å². The number of carbonyl (C=O) groups is 1. The molecule has 0 aliphatic rings. The summed E-state index contributed by atoms with van der Waals surface area (Å²) >= 11 is 0. The van der Waals surface area contributed by atoms with Gasteiger partial charge in [0, 0.05) is 31.0 Å². The van der Waals surface area contributed by atoms with Crippen molar-refractivity contribution < 1.29 is 9.90 Å². The van der Waals surface area contributed by atoms with Gasteiger partial charge in [0.15, 0.2) is 0 Å². The smallest absolute Gasteiger partial charge is 0.315 e. The minimum atomic E-state index is -0.250. The lowest BCUT2D eigenvalue weighted by Crippen LogP contribution is -2.43. The molecule has 6 heteroatoms. The van der Waals surface area contributed by atoms with Crippen LogP contribution in [0.2, 0.25) is 0 Å². The Bertz CT molecular complexity index is 597. The Balaban J connectivity index is 1.85. The molecule has 1 aromatic heterocycles. The summed E-state index contributed by atoms with van der Waals surface area (Å²) in [6.07, 6.45) is 3.61. The van der Waals surface area contributed by atoms with Crippen molar-refractivity contribution in [3.05, 3.63) is 48.3 Å². The number of hydrogen-bond donors (Lipinski definition) is 3. The first-order chi connectivity index (χ1) is 10.6. The summed E-state index contributed by atoms with van der Waals surface area (Å²) in [6, 6.07) is 9.45. The van der Waals surface area contributed by atoms with Gasteiger partial charge in [-0.15, -0.1) is 0 Å². The predicted molar refractivity (Wildman–Crippen MR) is 84.6 cm³/mol. The molecular weight excluding hydrogens is 280 g/mol. The van der Waals surface area contributed by atoms with E-state index in [2.05, 4.69) is 15.7 Å². The molecule has 2 rings (SSSR count). The molecule has 2 amide bonds. The van der Waals surface area contributed by atoms with Crippen LogP contribution in [-0.2, 0) is 6.54 Å². The van der Waals surface area contributed by atoms with Crippen molar-refractivity contribution in [3.8, 4) is 5.69 Å². The standard InChI is InChI=1S/C16H22N4O2/c1-12(11-21)13(2)19-16(22)17-8-14-9-18-20(10-14)15-6-4-3-5-7-15/h3-7,9-10,12-13,21H,8,11H2,1-2H3,(H2,17,19,22). The van der Waals surface area contributed by atoms with Crippen molar-refractivity contribution in [1.29, 1.82) is 0 Å². The zero-order valence-corrected chi connectivity index (χ0v) is 12.9. The van der Waals surface area contributed by atoms with Crippen molar-refractivity contribution in [2.45, 2.75) is 26.4 Å². The highest BCUT2D eigenvalue weighted by Crippen LogP contribution is 2.07. The molecule has 2 atom stereocenters. The minimum absolute atomic E-state index is 0.0200. The number of hydrogen-bond acceptors (Lipinski definition) is 3. The van der Waals surface area contributed by atoms with Gasteiger partial charge in [0.25, 0.3) is 0 Å². The Labute approximate surface area is 130 Å². The van der Waals surface area contributed by atoms with Crippen LogP contribution in [0.15, 0.2) is 42.7 Å². The quantitative estimate of drug-likeness (QED) is 0.759. The molecule has 0 bridgehead atoms. The maximum atomic E-state index is 11.8. The molecule has 0 aliphatic heterocycles. The molecule has 0 saturated heterocycles. The highest BCUT2D eigenvalue weighted by molar-refractivity contribution is 5.74. The molecule has 0 saturated carbocycles. The minimum Gasteiger partial charge on any atom is -0.396 e. The fourth-order valence-electron chi connectivity index (χ4n) is 1.91. The number of nitrogens with one attached hydrogen (secondary N) is 2. The van der Waals surface area contributed by atoms with Gasteiger partial charge in [-0.25, -0.2) is 9.48 Å². The number of benzene rings is 1. The Kier molecular flexibility index (Phi) is 5.55. The number of amides is 2. The maximum Gasteiger partial charge on any atom is 0.315 e. The molecule has 0 fully saturated rings. The maximum absolute atomic E-state index is 11.8. The monoisotopic (exact) mass is 302 g/mol. The van der Waals surface area contributed by atoms with Crippen molar-refractivity contribution in [2.24, 2.45) is 5.92 Å². The summed E-state index contributed by atoms with van der Waals surface area (Å²) in [5.41, 5.74) is 1.89. The van der Waals surface area contributed by atoms with E-state index in [4.69, 9.17) is 5.11 Å². The van der Waals surface area contributed by atoms with E-state index in [0.29, 0.717) is 6.54 Å². The van der Waals surface area contributed by atoms with E-state index in [1.165, 1.54) is 0 Å². The van der Waals surface area contributed by atoms with E-state index in [0.717, 1.165) is 11.3 Å². The second-order valence-electron chi connectivity index (χ2n) is 5.40. The fourth-order valence-corrected chi connectivity index (χ4v) is 1.91. The average molecular weight is 302 g/mol. The number of aliphatic hydroxyl groups excluding tert-OH is 1. The lowest BCUT2D eigenvalue weighted by molar-refractivity contribution is 0.200. The zero-order valence-electron chi connectivity index (χ0n) is 12.9. The van der Waals surface area contributed by atoms with E-state index in [9.17, 15) is 4.79 Å². The molecular formula is C16H22N4O2. The van der Waals surface area contributed by atoms with Gasteiger partial charge in [0.2, 0.25) is 0 Å². The van der Waals surface area contributed by atoms with Gasteiger partial charge in [-0.1, -0.05) is 25.1 Å². The molecule has 1 heterocycles. The van der Waals surface area contributed by atoms with Crippen LogP contribution >= 0.6 is 0 Å². The van der Waals surface area contributed by atoms with Gasteiger partial charge >= 0.3 is 6.03 Å². The number of aliphatic hydroxyl groups is 1. The van der Waals surface area contributed by atoms with E-state index in [-0.39, 0.29) is 24.6 Å². The summed E-state index contributed by atoms with van der Waals surface area (Å²) in [7, 11) is 0. The number of aromatic nitrogens is 2. The van der Waals surface area contributed by atoms with Crippen LogP contribution in [0.4, 0.5) is 4.79 Å². The highest BCUT2D eigenvalue weighted by atomic mass is 16.3. The van der Waals surface area contributed by atoms with Crippen LogP contribution < -0.4 is 10.6 Å². The van der Waals surface area contributed by atoms with Crippen molar-refractivity contribution >= 4 is 6.03 Å². The SMILES string of the molecule is CC(CO)C(C)NC(=O)NCc1cnn(-c2ccccc2)c1. The van der Waals surface area contributed by atoms with Gasteiger partial charge in [0.05, 0.1) is 11.9 Å². The van der Waals surface area contributed by atoms with Gasteiger partial charge in [-0.05, 0) is 25.0 Å². The van der Waals surface area contributed by atoms with Crippen LogP contribution in [0.1, 0.15) is 19.4 Å². The molecule has 0 spiro atoms. The van der Waals surface area contributed by atoms with Crippen molar-refractivity contribution in [1.82, 2.24) is 20.4 Å². The Morgan fingerprint density at radius 1 is 1.32 bits per heavy atom. The Hall–Kier alpha value is -2.34. The van der Waals surface area contributed by atoms with Gasteiger partial charge < -0.3 is 15.7 Å². The second-order valence-corrected chi connectivity index (χ2v) is 5.40. The van der Waals surface area contributed by atoms with Crippen molar-refractivity contribution in [3.63, 3.8) is 0 Å². The molecule has 2 unspecified atom stereocenters. The average Bonchev–Trinajstić information content (AvgIpc) is 3.02. The van der Waals surface area contributed by atoms with Crippen LogP contribution in [0, 0.1) is 5.92 Å². The molecule has 2 aromatic rings. The van der Waals surface area contributed by atoms with Gasteiger partial charge in [-0.2, -0.15) is 5.10 Å². The third kappa shape index (κ3) is 4.33. The first-order valence-electron chi connectivity index (χ1n) is 7.34. The summed E-state index contributed by atoms with van der Waals surface area (Å²) < 4.78 is 1.77. The molecule has 22 heavy (non-hydrogen) atoms. The molecule has 6 nitrogen and oxygen atoms in total. The molecule has 3 N–H and O–H groups in total. The van der Waals surface area contributed by atoms with E-state index < -0.39 is 0 Å². The van der Waals surface area contributed by atoms with Crippen molar-refractivity contribution in [2.75, 3.05) is 6.61 Å². The highest BCUT2D eigenvalue weighted by Gasteiger charge is 2.13. The third-order valence-corrected chi connectivity index (χ3v) is 3.61. The predicted octanol–water partition coefficient (Wildman–Crippen LogP) is 1.69. The number of carbonyl (C=O) groups excluding carboxylic acids is 1. The lowest BCUT2D eigenvalue weighted by Gasteiger charge is -2.19. The largest absolute Gasteiger partial charge is 0.396 e. The molecule has 1 aromatic carbocycles. The molecule has 118 valence electrons. The third-order valence-electron chi connectivity index (χ3n) is 3.61. The van der Waals surface area contributed by atoms with E-state index in [1.54, 1.807) is 10.9 Å². The van der Waals surface area contributed by atoms with Crippen LogP contribution in [-0.4, -0.2) is 33.6 Å². The Morgan fingerprint density at radius 3 is 2.73 bits per heavy atom. The first-order valence-corrected chi connectivity index (χ1v) is 7.34. The normalized spacial score (nSPS) is 13.4. The molecule has 0 aliphatic carbocycles. The molecule has 0 radical (unpaired) electrons. The number of para-hydroxylation sites is 1. The van der Waals surface area contributed by atoms with Gasteiger partial charge in [0.1, 0.15) is 0 Å². The zero-order chi connectivity index (χ0) is 15.9. The van der Waals surface area contributed by atoms with Crippen LogP contribution in [0.5, 0.6) is 0 Å². The first kappa shape index (κ1) is 16.0. The second kappa shape index (κ2) is 7.61. The fraction of sp³-hybridized carbons (Fsp3) is 0.375. The Morgan fingerprint density at radius 2 is 2.05 bits per heavy atom. The van der Waals surface area contributed by atoms with E-state index >= 15 is 0 Å². The summed E-state index contributed by atoms with van der Waals surface area (Å²) in [4.78, 5) is 11.8. The number of nitrogens with zero attached hydrogens (tertiary/aromatic N) is 2.